The first-order valence-corrected chi connectivity index (χ1v) is 8.28. The number of piperidine rings is 1. The van der Waals surface area contributed by atoms with Crippen molar-refractivity contribution in [1.29, 1.82) is 0 Å². The molecule has 0 aromatic heterocycles. The van der Waals surface area contributed by atoms with Gasteiger partial charge in [-0.05, 0) is 62.4 Å². The fraction of sp³-hybridized carbons (Fsp3) is 0.647. The topological polar surface area (TPSA) is 29.3 Å². The van der Waals surface area contributed by atoms with E-state index in [9.17, 15) is 0 Å². The standard InChI is InChI=1S/C17H25ClN2/c18-16-6-4-15(5-7-16)17(8-2-9-17)13-20-10-1-3-14(11-19)12-20/h4-7,14H,1-3,8-13,19H2/t14-/m0/s1. The zero-order valence-corrected chi connectivity index (χ0v) is 12.9. The third-order valence-corrected chi connectivity index (χ3v) is 5.48. The minimum atomic E-state index is 0.376. The Hall–Kier alpha value is -0.570. The van der Waals surface area contributed by atoms with E-state index in [1.54, 1.807) is 0 Å². The van der Waals surface area contributed by atoms with Crippen LogP contribution in [0.25, 0.3) is 0 Å². The van der Waals surface area contributed by atoms with E-state index in [1.165, 1.54) is 57.3 Å². The Morgan fingerprint density at radius 1 is 1.20 bits per heavy atom. The number of nitrogens with two attached hydrogens (primary N) is 1. The Balaban J connectivity index is 1.71. The molecule has 0 unspecified atom stereocenters. The second-order valence-corrected chi connectivity index (χ2v) is 7.06. The first-order chi connectivity index (χ1) is 9.72. The zero-order chi connectivity index (χ0) is 14.0. The highest BCUT2D eigenvalue weighted by atomic mass is 35.5. The number of nitrogens with zero attached hydrogens (tertiary/aromatic N) is 1. The molecule has 2 fully saturated rings. The maximum atomic E-state index is 6.03. The number of rotatable bonds is 4. The van der Waals surface area contributed by atoms with E-state index in [1.807, 2.05) is 12.1 Å². The van der Waals surface area contributed by atoms with Crippen molar-refractivity contribution in [3.63, 3.8) is 0 Å². The fourth-order valence-electron chi connectivity index (χ4n) is 3.86. The molecule has 1 atom stereocenters. The molecule has 1 aromatic carbocycles. The van der Waals surface area contributed by atoms with Gasteiger partial charge in [0.2, 0.25) is 0 Å². The molecule has 1 saturated heterocycles. The molecule has 0 bridgehead atoms. The summed E-state index contributed by atoms with van der Waals surface area (Å²) in [6.45, 7) is 4.47. The summed E-state index contributed by atoms with van der Waals surface area (Å²) in [6, 6.07) is 8.53. The third kappa shape index (κ3) is 2.88. The molecule has 3 rings (SSSR count). The van der Waals surface area contributed by atoms with Crippen LogP contribution in [0.15, 0.2) is 24.3 Å². The van der Waals surface area contributed by atoms with Crippen molar-refractivity contribution in [2.75, 3.05) is 26.2 Å². The molecule has 1 aliphatic heterocycles. The van der Waals surface area contributed by atoms with Gasteiger partial charge in [-0.2, -0.15) is 0 Å². The van der Waals surface area contributed by atoms with Gasteiger partial charge in [0.05, 0.1) is 0 Å². The highest BCUT2D eigenvalue weighted by molar-refractivity contribution is 6.30. The fourth-order valence-corrected chi connectivity index (χ4v) is 3.99. The molecule has 1 aliphatic carbocycles. The van der Waals surface area contributed by atoms with Crippen molar-refractivity contribution in [2.45, 2.75) is 37.5 Å². The monoisotopic (exact) mass is 292 g/mol. The Morgan fingerprint density at radius 2 is 1.95 bits per heavy atom. The summed E-state index contributed by atoms with van der Waals surface area (Å²) in [5.74, 6) is 0.700. The van der Waals surface area contributed by atoms with Gasteiger partial charge in [0.1, 0.15) is 0 Å². The van der Waals surface area contributed by atoms with Gasteiger partial charge in [-0.25, -0.2) is 0 Å². The van der Waals surface area contributed by atoms with Gasteiger partial charge in [0.15, 0.2) is 0 Å². The second kappa shape index (κ2) is 6.05. The molecule has 0 radical (unpaired) electrons. The Kier molecular flexibility index (Phi) is 4.34. The van der Waals surface area contributed by atoms with Gasteiger partial charge in [0.25, 0.3) is 0 Å². The van der Waals surface area contributed by atoms with Crippen molar-refractivity contribution in [2.24, 2.45) is 11.7 Å². The van der Waals surface area contributed by atoms with Crippen LogP contribution in [-0.2, 0) is 5.41 Å². The minimum Gasteiger partial charge on any atom is -0.330 e. The lowest BCUT2D eigenvalue weighted by molar-refractivity contribution is 0.101. The molecule has 20 heavy (non-hydrogen) atoms. The van der Waals surface area contributed by atoms with E-state index >= 15 is 0 Å². The van der Waals surface area contributed by atoms with Gasteiger partial charge in [-0.15, -0.1) is 0 Å². The van der Waals surface area contributed by atoms with Crippen molar-refractivity contribution in [1.82, 2.24) is 4.90 Å². The number of benzene rings is 1. The Bertz CT molecular complexity index is 439. The lowest BCUT2D eigenvalue weighted by Gasteiger charge is -2.47. The molecule has 0 amide bonds. The van der Waals surface area contributed by atoms with Crippen LogP contribution in [0.1, 0.15) is 37.7 Å². The van der Waals surface area contributed by atoms with Crippen LogP contribution in [0.4, 0.5) is 0 Å². The highest BCUT2D eigenvalue weighted by Crippen LogP contribution is 2.45. The summed E-state index contributed by atoms with van der Waals surface area (Å²) in [5.41, 5.74) is 7.71. The van der Waals surface area contributed by atoms with E-state index in [4.69, 9.17) is 17.3 Å². The predicted octanol–water partition coefficient (Wildman–Crippen LogP) is 3.43. The van der Waals surface area contributed by atoms with Gasteiger partial charge in [-0.1, -0.05) is 30.2 Å². The van der Waals surface area contributed by atoms with E-state index < -0.39 is 0 Å². The minimum absolute atomic E-state index is 0.376. The van der Waals surface area contributed by atoms with Gasteiger partial charge in [-0.3, -0.25) is 0 Å². The lowest BCUT2D eigenvalue weighted by Crippen LogP contribution is -2.49. The molecule has 2 nitrogen and oxygen atoms in total. The van der Waals surface area contributed by atoms with E-state index in [2.05, 4.69) is 17.0 Å². The SMILES string of the molecule is NC[C@@H]1CCCN(CC2(c3ccc(Cl)cc3)CCC2)C1. The van der Waals surface area contributed by atoms with E-state index in [-0.39, 0.29) is 0 Å². The number of hydrogen-bond acceptors (Lipinski definition) is 2. The maximum absolute atomic E-state index is 6.03. The van der Waals surface area contributed by atoms with Gasteiger partial charge < -0.3 is 10.6 Å². The average Bonchev–Trinajstić information content (AvgIpc) is 2.44. The second-order valence-electron chi connectivity index (χ2n) is 6.62. The van der Waals surface area contributed by atoms with Crippen LogP contribution in [-0.4, -0.2) is 31.1 Å². The quantitative estimate of drug-likeness (QED) is 0.921. The van der Waals surface area contributed by atoms with Crippen LogP contribution >= 0.6 is 11.6 Å². The molecule has 110 valence electrons. The molecular weight excluding hydrogens is 268 g/mol. The van der Waals surface area contributed by atoms with Crippen LogP contribution in [0.2, 0.25) is 5.02 Å². The molecule has 3 heteroatoms. The van der Waals surface area contributed by atoms with Crippen LogP contribution in [0.5, 0.6) is 0 Å². The molecular formula is C17H25ClN2. The normalized spacial score (nSPS) is 26.2. The van der Waals surface area contributed by atoms with Crippen molar-refractivity contribution < 1.29 is 0 Å². The van der Waals surface area contributed by atoms with E-state index in [0.29, 0.717) is 11.3 Å². The number of hydrogen-bond donors (Lipinski definition) is 1. The number of likely N-dealkylation sites (tertiary alicyclic amines) is 1. The van der Waals surface area contributed by atoms with Gasteiger partial charge >= 0.3 is 0 Å². The summed E-state index contributed by atoms with van der Waals surface area (Å²) in [7, 11) is 0. The molecule has 0 spiro atoms. The molecule has 1 heterocycles. The zero-order valence-electron chi connectivity index (χ0n) is 12.2. The van der Waals surface area contributed by atoms with Crippen molar-refractivity contribution >= 4 is 11.6 Å². The smallest absolute Gasteiger partial charge is 0.0406 e. The van der Waals surface area contributed by atoms with Crippen LogP contribution < -0.4 is 5.73 Å². The summed E-state index contributed by atoms with van der Waals surface area (Å²) < 4.78 is 0. The van der Waals surface area contributed by atoms with Gasteiger partial charge in [0, 0.05) is 23.5 Å². The largest absolute Gasteiger partial charge is 0.330 e. The van der Waals surface area contributed by atoms with Crippen LogP contribution in [0, 0.1) is 5.92 Å². The van der Waals surface area contributed by atoms with E-state index in [0.717, 1.165) is 11.6 Å². The first-order valence-electron chi connectivity index (χ1n) is 7.90. The third-order valence-electron chi connectivity index (χ3n) is 5.23. The molecule has 1 saturated carbocycles. The van der Waals surface area contributed by atoms with Crippen LogP contribution in [0.3, 0.4) is 0 Å². The summed E-state index contributed by atoms with van der Waals surface area (Å²) >= 11 is 6.03. The molecule has 2 N–H and O–H groups in total. The average molecular weight is 293 g/mol. The summed E-state index contributed by atoms with van der Waals surface area (Å²) in [6.07, 6.45) is 6.60. The summed E-state index contributed by atoms with van der Waals surface area (Å²) in [4.78, 5) is 2.65. The molecule has 2 aliphatic rings. The Morgan fingerprint density at radius 3 is 2.55 bits per heavy atom. The molecule has 1 aromatic rings. The lowest BCUT2D eigenvalue weighted by atomic mass is 9.64. The predicted molar refractivity (Wildman–Crippen MR) is 85.2 cm³/mol. The summed E-state index contributed by atoms with van der Waals surface area (Å²) in [5, 5.41) is 0.837. The van der Waals surface area contributed by atoms with Crippen molar-refractivity contribution in [3.8, 4) is 0 Å². The number of halogens is 1. The Labute approximate surface area is 127 Å². The first kappa shape index (κ1) is 14.4. The highest BCUT2D eigenvalue weighted by Gasteiger charge is 2.40. The maximum Gasteiger partial charge on any atom is 0.0406 e. The van der Waals surface area contributed by atoms with Crippen molar-refractivity contribution in [3.05, 3.63) is 34.9 Å².